The number of hydrogen-bond acceptors (Lipinski definition) is 5. The Kier molecular flexibility index (Phi) is 3.84. The summed E-state index contributed by atoms with van der Waals surface area (Å²) in [5.41, 5.74) is 0. The summed E-state index contributed by atoms with van der Waals surface area (Å²) in [6.45, 7) is 4.02. The van der Waals surface area contributed by atoms with Crippen LogP contribution in [0.5, 0.6) is 0 Å². The van der Waals surface area contributed by atoms with Crippen molar-refractivity contribution in [3.8, 4) is 0 Å². The highest BCUT2D eigenvalue weighted by Gasteiger charge is 2.17. The number of aromatic nitrogens is 2. The molecule has 0 aliphatic carbocycles. The Hall–Kier alpha value is -1.89. The minimum absolute atomic E-state index is 0.112. The molecular formula is C12H15N3O3S. The molecule has 102 valence electrons. The topological polar surface area (TPSA) is 85.1 Å². The van der Waals surface area contributed by atoms with E-state index in [-0.39, 0.29) is 10.9 Å². The van der Waals surface area contributed by atoms with E-state index in [1.54, 1.807) is 18.2 Å². The lowest BCUT2D eigenvalue weighted by molar-refractivity contribution is 0.468. The van der Waals surface area contributed by atoms with Crippen LogP contribution in [-0.2, 0) is 16.4 Å². The predicted octanol–water partition coefficient (Wildman–Crippen LogP) is 2.07. The zero-order chi connectivity index (χ0) is 13.9. The molecule has 0 fully saturated rings. The Morgan fingerprint density at radius 1 is 1.21 bits per heavy atom. The highest BCUT2D eigenvalue weighted by atomic mass is 32.2. The number of benzene rings is 1. The molecule has 0 atom stereocenters. The normalized spacial score (nSPS) is 11.7. The maximum absolute atomic E-state index is 12.0. The summed E-state index contributed by atoms with van der Waals surface area (Å²) in [5.74, 6) is 0.778. The molecule has 0 aliphatic rings. The number of nitrogens with zero attached hydrogens (tertiary/aromatic N) is 2. The van der Waals surface area contributed by atoms with Gasteiger partial charge < -0.3 is 4.42 Å². The number of anilines is 1. The van der Waals surface area contributed by atoms with Crippen LogP contribution in [0.25, 0.3) is 0 Å². The third-order valence-corrected chi connectivity index (χ3v) is 3.66. The fraction of sp³-hybridized carbons (Fsp3) is 0.333. The van der Waals surface area contributed by atoms with E-state index in [0.29, 0.717) is 18.2 Å². The molecule has 0 bridgehead atoms. The summed E-state index contributed by atoms with van der Waals surface area (Å²) < 4.78 is 31.5. The van der Waals surface area contributed by atoms with Crippen molar-refractivity contribution in [2.24, 2.45) is 5.92 Å². The smallest absolute Gasteiger partial charge is 0.329 e. The maximum atomic E-state index is 12.0. The average molecular weight is 281 g/mol. The highest BCUT2D eigenvalue weighted by Crippen LogP contribution is 2.15. The zero-order valence-electron chi connectivity index (χ0n) is 10.7. The van der Waals surface area contributed by atoms with Gasteiger partial charge in [0.25, 0.3) is 10.0 Å². The molecule has 7 heteroatoms. The van der Waals surface area contributed by atoms with Crippen LogP contribution in [-0.4, -0.2) is 18.6 Å². The van der Waals surface area contributed by atoms with Gasteiger partial charge in [0.1, 0.15) is 0 Å². The molecular weight excluding hydrogens is 266 g/mol. The maximum Gasteiger partial charge on any atom is 0.329 e. The Morgan fingerprint density at radius 2 is 1.89 bits per heavy atom. The fourth-order valence-electron chi connectivity index (χ4n) is 1.50. The molecule has 0 unspecified atom stereocenters. The Morgan fingerprint density at radius 3 is 2.53 bits per heavy atom. The molecule has 1 N–H and O–H groups in total. The second-order valence-electron chi connectivity index (χ2n) is 4.52. The molecule has 0 saturated carbocycles. The van der Waals surface area contributed by atoms with Crippen molar-refractivity contribution in [3.63, 3.8) is 0 Å². The lowest BCUT2D eigenvalue weighted by Gasteiger charge is -2.03. The number of hydrogen-bond donors (Lipinski definition) is 1. The van der Waals surface area contributed by atoms with E-state index in [0.717, 1.165) is 0 Å². The van der Waals surface area contributed by atoms with Gasteiger partial charge in [0, 0.05) is 6.42 Å². The molecule has 2 rings (SSSR count). The van der Waals surface area contributed by atoms with Gasteiger partial charge in [0.15, 0.2) is 0 Å². The summed E-state index contributed by atoms with van der Waals surface area (Å²) in [6, 6.07) is 7.91. The Balaban J connectivity index is 2.15. The van der Waals surface area contributed by atoms with Crippen LogP contribution in [0.2, 0.25) is 0 Å². The van der Waals surface area contributed by atoms with Crippen LogP contribution in [0, 0.1) is 5.92 Å². The number of rotatable bonds is 5. The van der Waals surface area contributed by atoms with E-state index >= 15 is 0 Å². The van der Waals surface area contributed by atoms with Gasteiger partial charge in [0.2, 0.25) is 5.89 Å². The first-order valence-corrected chi connectivity index (χ1v) is 7.36. The monoisotopic (exact) mass is 281 g/mol. The van der Waals surface area contributed by atoms with E-state index in [9.17, 15) is 8.42 Å². The van der Waals surface area contributed by atoms with E-state index in [1.807, 2.05) is 13.8 Å². The SMILES string of the molecule is CC(C)Cc1nnc(NS(=O)(=O)c2ccccc2)o1. The van der Waals surface area contributed by atoms with Gasteiger partial charge in [-0.3, -0.25) is 0 Å². The van der Waals surface area contributed by atoms with E-state index in [4.69, 9.17) is 4.42 Å². The molecule has 6 nitrogen and oxygen atoms in total. The van der Waals surface area contributed by atoms with Crippen molar-refractivity contribution >= 4 is 16.0 Å². The first kappa shape index (κ1) is 13.5. The van der Waals surface area contributed by atoms with Gasteiger partial charge in [-0.05, 0) is 18.1 Å². The van der Waals surface area contributed by atoms with Gasteiger partial charge >= 0.3 is 6.01 Å². The lowest BCUT2D eigenvalue weighted by atomic mass is 10.1. The van der Waals surface area contributed by atoms with Crippen molar-refractivity contribution in [2.75, 3.05) is 4.72 Å². The molecule has 0 spiro atoms. The molecule has 1 aromatic carbocycles. The summed E-state index contributed by atoms with van der Waals surface area (Å²) in [6.07, 6.45) is 0.611. The third-order valence-electron chi connectivity index (χ3n) is 2.32. The molecule has 0 amide bonds. The standard InChI is InChI=1S/C12H15N3O3S/c1-9(2)8-11-13-14-12(18-11)15-19(16,17)10-6-4-3-5-7-10/h3-7,9H,8H2,1-2H3,(H,14,15). The van der Waals surface area contributed by atoms with E-state index in [2.05, 4.69) is 14.9 Å². The summed E-state index contributed by atoms with van der Waals surface area (Å²) in [4.78, 5) is 0.151. The lowest BCUT2D eigenvalue weighted by Crippen LogP contribution is -2.12. The first-order valence-electron chi connectivity index (χ1n) is 5.87. The van der Waals surface area contributed by atoms with Crippen molar-refractivity contribution in [1.29, 1.82) is 0 Å². The molecule has 0 radical (unpaired) electrons. The largest absolute Gasteiger partial charge is 0.407 e. The van der Waals surface area contributed by atoms with Crippen LogP contribution in [0.1, 0.15) is 19.7 Å². The van der Waals surface area contributed by atoms with Crippen molar-refractivity contribution < 1.29 is 12.8 Å². The van der Waals surface area contributed by atoms with Crippen LogP contribution in [0.4, 0.5) is 6.01 Å². The van der Waals surface area contributed by atoms with Crippen LogP contribution >= 0.6 is 0 Å². The second kappa shape index (κ2) is 5.40. The van der Waals surface area contributed by atoms with Crippen molar-refractivity contribution in [2.45, 2.75) is 25.2 Å². The minimum atomic E-state index is -3.67. The van der Waals surface area contributed by atoms with Crippen molar-refractivity contribution in [3.05, 3.63) is 36.2 Å². The second-order valence-corrected chi connectivity index (χ2v) is 6.20. The van der Waals surface area contributed by atoms with Gasteiger partial charge in [-0.15, -0.1) is 5.10 Å². The highest BCUT2D eigenvalue weighted by molar-refractivity contribution is 7.92. The summed E-state index contributed by atoms with van der Waals surface area (Å²) in [5, 5.41) is 7.46. The van der Waals surface area contributed by atoms with Gasteiger partial charge in [-0.2, -0.15) is 0 Å². The van der Waals surface area contributed by atoms with Crippen molar-refractivity contribution in [1.82, 2.24) is 10.2 Å². The van der Waals surface area contributed by atoms with Crippen LogP contribution in [0.15, 0.2) is 39.6 Å². The molecule has 1 aromatic heterocycles. The third kappa shape index (κ3) is 3.54. The number of sulfonamides is 1. The molecule has 0 aliphatic heterocycles. The quantitative estimate of drug-likeness (QED) is 0.906. The summed E-state index contributed by atoms with van der Waals surface area (Å²) in [7, 11) is -3.67. The molecule has 19 heavy (non-hydrogen) atoms. The number of nitrogens with one attached hydrogen (secondary N) is 1. The molecule has 2 aromatic rings. The average Bonchev–Trinajstić information content (AvgIpc) is 2.76. The van der Waals surface area contributed by atoms with E-state index in [1.165, 1.54) is 12.1 Å². The van der Waals surface area contributed by atoms with Crippen LogP contribution in [0.3, 0.4) is 0 Å². The van der Waals surface area contributed by atoms with E-state index < -0.39 is 10.0 Å². The van der Waals surface area contributed by atoms with Gasteiger partial charge in [-0.25, -0.2) is 13.1 Å². The first-order chi connectivity index (χ1) is 8.97. The Labute approximate surface area is 111 Å². The van der Waals surface area contributed by atoms with Gasteiger partial charge in [-0.1, -0.05) is 37.1 Å². The predicted molar refractivity (Wildman–Crippen MR) is 70.1 cm³/mol. The fourth-order valence-corrected chi connectivity index (χ4v) is 2.45. The summed E-state index contributed by atoms with van der Waals surface area (Å²) >= 11 is 0. The zero-order valence-corrected chi connectivity index (χ0v) is 11.5. The van der Waals surface area contributed by atoms with Gasteiger partial charge in [0.05, 0.1) is 4.90 Å². The minimum Gasteiger partial charge on any atom is -0.407 e. The molecule has 1 heterocycles. The molecule has 0 saturated heterocycles. The Bertz CT molecular complexity index is 635. The van der Waals surface area contributed by atoms with Crippen LogP contribution < -0.4 is 4.72 Å².